The van der Waals surface area contributed by atoms with E-state index in [-0.39, 0.29) is 0 Å². The van der Waals surface area contributed by atoms with Crippen LogP contribution < -0.4 is 0 Å². The van der Waals surface area contributed by atoms with Crippen molar-refractivity contribution in [3.8, 4) is 0 Å². The van der Waals surface area contributed by atoms with Gasteiger partial charge in [-0.25, -0.2) is 0 Å². The van der Waals surface area contributed by atoms with E-state index in [1.54, 1.807) is 0 Å². The van der Waals surface area contributed by atoms with Gasteiger partial charge in [-0.15, -0.1) is 0 Å². The third-order valence-corrected chi connectivity index (χ3v) is 1.92. The molecule has 0 unspecified atom stereocenters. The zero-order valence-corrected chi connectivity index (χ0v) is 9.61. The molecule has 0 N–H and O–H groups in total. The van der Waals surface area contributed by atoms with Crippen molar-refractivity contribution in [2.45, 2.75) is 60.3 Å². The molecule has 12 heavy (non-hydrogen) atoms. The topological polar surface area (TPSA) is 0 Å². The molecule has 0 heteroatoms. The first-order chi connectivity index (χ1) is 5.68. The predicted molar refractivity (Wildman–Crippen MR) is 59.5 cm³/mol. The standard InChI is InChI=1S/C10H20.C2H6/c1-5-6-7-8-10(4)9(2)3;1-2/h9H,4-8H2,1-3H3;1-2H3. The van der Waals surface area contributed by atoms with Gasteiger partial charge in [-0.2, -0.15) is 0 Å². The summed E-state index contributed by atoms with van der Waals surface area (Å²) >= 11 is 0. The smallest absolute Gasteiger partial charge is 0.0263 e. The van der Waals surface area contributed by atoms with Crippen LogP contribution in [-0.2, 0) is 0 Å². The number of rotatable bonds is 5. The summed E-state index contributed by atoms with van der Waals surface area (Å²) in [5, 5.41) is 0. The van der Waals surface area contributed by atoms with E-state index in [2.05, 4.69) is 27.4 Å². The van der Waals surface area contributed by atoms with Crippen LogP contribution in [-0.4, -0.2) is 0 Å². The minimum Gasteiger partial charge on any atom is -0.0996 e. The summed E-state index contributed by atoms with van der Waals surface area (Å²) in [6.45, 7) is 14.7. The third kappa shape index (κ3) is 9.74. The summed E-state index contributed by atoms with van der Waals surface area (Å²) in [4.78, 5) is 0. The Morgan fingerprint density at radius 1 is 1.17 bits per heavy atom. The maximum Gasteiger partial charge on any atom is -0.0263 e. The SMILES string of the molecule is C=C(CCCCC)C(C)C.CC. The van der Waals surface area contributed by atoms with Gasteiger partial charge < -0.3 is 0 Å². The van der Waals surface area contributed by atoms with Crippen molar-refractivity contribution in [2.24, 2.45) is 5.92 Å². The van der Waals surface area contributed by atoms with Crippen LogP contribution in [0.3, 0.4) is 0 Å². The Morgan fingerprint density at radius 3 is 2.00 bits per heavy atom. The van der Waals surface area contributed by atoms with Crippen LogP contribution in [0.4, 0.5) is 0 Å². The molecule has 0 aromatic heterocycles. The molecule has 0 saturated carbocycles. The Labute approximate surface area is 79.1 Å². The Hall–Kier alpha value is -0.260. The monoisotopic (exact) mass is 170 g/mol. The molecule has 0 aromatic carbocycles. The highest BCUT2D eigenvalue weighted by atomic mass is 14.0. The lowest BCUT2D eigenvalue weighted by Gasteiger charge is -2.07. The zero-order chi connectivity index (χ0) is 9.98. The lowest BCUT2D eigenvalue weighted by Crippen LogP contribution is -1.91. The molecule has 0 aliphatic heterocycles. The molecule has 0 atom stereocenters. The van der Waals surface area contributed by atoms with Crippen molar-refractivity contribution in [1.82, 2.24) is 0 Å². The third-order valence-electron chi connectivity index (χ3n) is 1.92. The van der Waals surface area contributed by atoms with Crippen LogP contribution in [0, 0.1) is 5.92 Å². The summed E-state index contributed by atoms with van der Waals surface area (Å²) in [6.07, 6.45) is 5.22. The normalized spacial score (nSPS) is 9.17. The second-order valence-electron chi connectivity index (χ2n) is 3.27. The van der Waals surface area contributed by atoms with Crippen molar-refractivity contribution in [2.75, 3.05) is 0 Å². The van der Waals surface area contributed by atoms with Crippen molar-refractivity contribution in [1.29, 1.82) is 0 Å². The van der Waals surface area contributed by atoms with E-state index in [0.717, 1.165) is 0 Å². The van der Waals surface area contributed by atoms with Crippen molar-refractivity contribution >= 4 is 0 Å². The van der Waals surface area contributed by atoms with Gasteiger partial charge in [0.1, 0.15) is 0 Å². The van der Waals surface area contributed by atoms with E-state index in [0.29, 0.717) is 5.92 Å². The van der Waals surface area contributed by atoms with Gasteiger partial charge in [0.15, 0.2) is 0 Å². The summed E-state index contributed by atoms with van der Waals surface area (Å²) in [5.41, 5.74) is 1.41. The quantitative estimate of drug-likeness (QED) is 0.410. The van der Waals surface area contributed by atoms with Gasteiger partial charge in [-0.05, 0) is 18.8 Å². The van der Waals surface area contributed by atoms with Gasteiger partial charge in [0.25, 0.3) is 0 Å². The van der Waals surface area contributed by atoms with E-state index in [9.17, 15) is 0 Å². The highest BCUT2D eigenvalue weighted by Crippen LogP contribution is 2.14. The van der Waals surface area contributed by atoms with E-state index < -0.39 is 0 Å². The fraction of sp³-hybridized carbons (Fsp3) is 0.833. The number of hydrogen-bond acceptors (Lipinski definition) is 0. The molecular weight excluding hydrogens is 144 g/mol. The van der Waals surface area contributed by atoms with Crippen molar-refractivity contribution < 1.29 is 0 Å². The van der Waals surface area contributed by atoms with Crippen molar-refractivity contribution in [3.05, 3.63) is 12.2 Å². The zero-order valence-electron chi connectivity index (χ0n) is 9.61. The van der Waals surface area contributed by atoms with Gasteiger partial charge in [0, 0.05) is 0 Å². The molecule has 0 rings (SSSR count). The van der Waals surface area contributed by atoms with Crippen LogP contribution >= 0.6 is 0 Å². The Balaban J connectivity index is 0. The number of allylic oxidation sites excluding steroid dienone is 1. The molecule has 0 heterocycles. The molecule has 0 spiro atoms. The first-order valence-electron chi connectivity index (χ1n) is 5.36. The molecule has 0 aliphatic carbocycles. The minimum absolute atomic E-state index is 0.678. The Morgan fingerprint density at radius 2 is 1.67 bits per heavy atom. The molecule has 0 radical (unpaired) electrons. The highest BCUT2D eigenvalue weighted by Gasteiger charge is 1.98. The van der Waals surface area contributed by atoms with Gasteiger partial charge in [-0.3, -0.25) is 0 Å². The molecule has 0 aliphatic rings. The summed E-state index contributed by atoms with van der Waals surface area (Å²) in [5.74, 6) is 0.678. The molecule has 0 amide bonds. The molecule has 74 valence electrons. The fourth-order valence-corrected chi connectivity index (χ4v) is 0.891. The van der Waals surface area contributed by atoms with Crippen molar-refractivity contribution in [3.63, 3.8) is 0 Å². The minimum atomic E-state index is 0.678. The molecule has 0 bridgehead atoms. The summed E-state index contributed by atoms with van der Waals surface area (Å²) < 4.78 is 0. The fourth-order valence-electron chi connectivity index (χ4n) is 0.891. The van der Waals surface area contributed by atoms with Crippen LogP contribution in [0.2, 0.25) is 0 Å². The average Bonchev–Trinajstić information content (AvgIpc) is 2.08. The number of unbranched alkanes of at least 4 members (excludes halogenated alkanes) is 2. The molecule has 0 nitrogen and oxygen atoms in total. The molecule has 0 saturated heterocycles. The van der Waals surface area contributed by atoms with Gasteiger partial charge in [-0.1, -0.05) is 59.6 Å². The molecule has 0 fully saturated rings. The first kappa shape index (κ1) is 14.3. The molecular formula is C12H26. The van der Waals surface area contributed by atoms with Crippen LogP contribution in [0.15, 0.2) is 12.2 Å². The Kier molecular flexibility index (Phi) is 12.8. The predicted octanol–water partition coefficient (Wildman–Crippen LogP) is 4.81. The maximum absolute atomic E-state index is 4.03. The summed E-state index contributed by atoms with van der Waals surface area (Å²) in [6, 6.07) is 0. The second-order valence-corrected chi connectivity index (χ2v) is 3.27. The van der Waals surface area contributed by atoms with Gasteiger partial charge in [0.05, 0.1) is 0 Å². The first-order valence-corrected chi connectivity index (χ1v) is 5.36. The summed E-state index contributed by atoms with van der Waals surface area (Å²) in [7, 11) is 0. The molecule has 0 aromatic rings. The lowest BCUT2D eigenvalue weighted by atomic mass is 9.99. The van der Waals surface area contributed by atoms with Gasteiger partial charge in [0.2, 0.25) is 0 Å². The largest absolute Gasteiger partial charge is 0.0996 e. The Bertz CT molecular complexity index is 90.2. The van der Waals surface area contributed by atoms with E-state index in [4.69, 9.17) is 0 Å². The van der Waals surface area contributed by atoms with Crippen LogP contribution in [0.25, 0.3) is 0 Å². The van der Waals surface area contributed by atoms with Crippen LogP contribution in [0.1, 0.15) is 60.3 Å². The van der Waals surface area contributed by atoms with E-state index in [1.807, 2.05) is 13.8 Å². The number of hydrogen-bond donors (Lipinski definition) is 0. The average molecular weight is 170 g/mol. The lowest BCUT2D eigenvalue weighted by molar-refractivity contribution is 0.650. The van der Waals surface area contributed by atoms with Crippen LogP contribution in [0.5, 0.6) is 0 Å². The second kappa shape index (κ2) is 10.7. The van der Waals surface area contributed by atoms with E-state index >= 15 is 0 Å². The van der Waals surface area contributed by atoms with Gasteiger partial charge >= 0.3 is 0 Å². The highest BCUT2D eigenvalue weighted by molar-refractivity contribution is 4.96. The maximum atomic E-state index is 4.03. The van der Waals surface area contributed by atoms with E-state index in [1.165, 1.54) is 31.3 Å².